The highest BCUT2D eigenvalue weighted by atomic mass is 35.5. The van der Waals surface area contributed by atoms with Crippen molar-refractivity contribution in [2.24, 2.45) is 0 Å². The predicted molar refractivity (Wildman–Crippen MR) is 102 cm³/mol. The van der Waals surface area contributed by atoms with E-state index in [1.54, 1.807) is 30.5 Å². The summed E-state index contributed by atoms with van der Waals surface area (Å²) in [6.07, 6.45) is -2.71. The van der Waals surface area contributed by atoms with Gasteiger partial charge in [-0.1, -0.05) is 35.9 Å². The van der Waals surface area contributed by atoms with Crippen molar-refractivity contribution in [1.82, 2.24) is 14.8 Å². The molecule has 0 fully saturated rings. The van der Waals surface area contributed by atoms with Crippen molar-refractivity contribution in [2.75, 3.05) is 0 Å². The molecule has 29 heavy (non-hydrogen) atoms. The Bertz CT molecular complexity index is 1150. The summed E-state index contributed by atoms with van der Waals surface area (Å²) in [5, 5.41) is 4.73. The van der Waals surface area contributed by atoms with Gasteiger partial charge in [-0.05, 0) is 30.3 Å². The van der Waals surface area contributed by atoms with Gasteiger partial charge < -0.3 is 0 Å². The lowest BCUT2D eigenvalue weighted by atomic mass is 10.1. The summed E-state index contributed by atoms with van der Waals surface area (Å²) in [6.45, 7) is -0.0976. The van der Waals surface area contributed by atoms with E-state index >= 15 is 0 Å². The molecule has 0 bridgehead atoms. The Labute approximate surface area is 168 Å². The SMILES string of the molecule is Fc1cccc(Cl)c1Cn1nc2c(C(F)(F)F)cccc2c1Cc1ccccn1. The molecule has 0 aliphatic heterocycles. The monoisotopic (exact) mass is 419 g/mol. The summed E-state index contributed by atoms with van der Waals surface area (Å²) in [6, 6.07) is 13.5. The van der Waals surface area contributed by atoms with E-state index in [4.69, 9.17) is 11.6 Å². The lowest BCUT2D eigenvalue weighted by Gasteiger charge is -2.10. The fourth-order valence-corrected chi connectivity index (χ4v) is 3.48. The van der Waals surface area contributed by atoms with Gasteiger partial charge in [0.25, 0.3) is 0 Å². The highest BCUT2D eigenvalue weighted by Gasteiger charge is 2.34. The molecule has 0 amide bonds. The van der Waals surface area contributed by atoms with Crippen molar-refractivity contribution in [2.45, 2.75) is 19.1 Å². The predicted octanol–water partition coefficient (Wildman–Crippen LogP) is 5.88. The van der Waals surface area contributed by atoms with Gasteiger partial charge in [0.05, 0.1) is 17.8 Å². The van der Waals surface area contributed by atoms with Gasteiger partial charge in [-0.3, -0.25) is 9.67 Å². The number of fused-ring (bicyclic) bond motifs is 1. The molecule has 0 unspecified atom stereocenters. The zero-order valence-electron chi connectivity index (χ0n) is 14.9. The molecule has 0 atom stereocenters. The second-order valence-corrected chi connectivity index (χ2v) is 6.91. The van der Waals surface area contributed by atoms with E-state index < -0.39 is 17.6 Å². The summed E-state index contributed by atoms with van der Waals surface area (Å²) >= 11 is 6.12. The fourth-order valence-electron chi connectivity index (χ4n) is 3.26. The zero-order chi connectivity index (χ0) is 20.6. The third-order valence-corrected chi connectivity index (χ3v) is 4.98. The van der Waals surface area contributed by atoms with E-state index in [1.165, 1.54) is 28.9 Å². The summed E-state index contributed by atoms with van der Waals surface area (Å²) in [5.74, 6) is -0.545. The molecule has 0 spiro atoms. The molecule has 8 heteroatoms. The highest BCUT2D eigenvalue weighted by molar-refractivity contribution is 6.31. The molecule has 0 saturated heterocycles. The summed E-state index contributed by atoms with van der Waals surface area (Å²) in [4.78, 5) is 4.25. The first-order valence-corrected chi connectivity index (χ1v) is 9.11. The first-order valence-electron chi connectivity index (χ1n) is 8.73. The van der Waals surface area contributed by atoms with Gasteiger partial charge in [-0.2, -0.15) is 18.3 Å². The van der Waals surface area contributed by atoms with Crippen LogP contribution in [0.15, 0.2) is 60.8 Å². The molecule has 2 aromatic heterocycles. The van der Waals surface area contributed by atoms with Crippen LogP contribution in [0.4, 0.5) is 17.6 Å². The number of hydrogen-bond donors (Lipinski definition) is 0. The second-order valence-electron chi connectivity index (χ2n) is 6.50. The highest BCUT2D eigenvalue weighted by Crippen LogP contribution is 2.36. The number of benzene rings is 2. The van der Waals surface area contributed by atoms with Crippen LogP contribution < -0.4 is 0 Å². The normalized spacial score (nSPS) is 11.9. The van der Waals surface area contributed by atoms with Gasteiger partial charge in [-0.25, -0.2) is 4.39 Å². The standard InChI is InChI=1S/C21H14ClF4N3/c22-17-8-4-9-18(23)15(17)12-29-19(11-13-5-1-2-10-27-13)14-6-3-7-16(20(14)28-29)21(24,25)26/h1-10H,11-12H2. The van der Waals surface area contributed by atoms with Gasteiger partial charge in [0.15, 0.2) is 0 Å². The van der Waals surface area contributed by atoms with Crippen LogP contribution in [0.5, 0.6) is 0 Å². The van der Waals surface area contributed by atoms with E-state index in [-0.39, 0.29) is 29.1 Å². The number of pyridine rings is 1. The number of aromatic nitrogens is 3. The summed E-state index contributed by atoms with van der Waals surface area (Å²) in [5.41, 5.74) is 0.309. The van der Waals surface area contributed by atoms with Crippen LogP contribution in [0.25, 0.3) is 10.9 Å². The summed E-state index contributed by atoms with van der Waals surface area (Å²) in [7, 11) is 0. The topological polar surface area (TPSA) is 30.7 Å². The van der Waals surface area contributed by atoms with Crippen molar-refractivity contribution < 1.29 is 17.6 Å². The number of halogens is 5. The zero-order valence-corrected chi connectivity index (χ0v) is 15.7. The van der Waals surface area contributed by atoms with E-state index in [0.29, 0.717) is 16.8 Å². The molecule has 0 radical (unpaired) electrons. The molecule has 2 heterocycles. The molecular weight excluding hydrogens is 406 g/mol. The molecule has 4 aromatic rings. The van der Waals surface area contributed by atoms with Gasteiger partial charge in [-0.15, -0.1) is 0 Å². The van der Waals surface area contributed by atoms with Crippen molar-refractivity contribution >= 4 is 22.5 Å². The van der Waals surface area contributed by atoms with Gasteiger partial charge in [0.1, 0.15) is 11.3 Å². The van der Waals surface area contributed by atoms with Crippen molar-refractivity contribution in [3.63, 3.8) is 0 Å². The van der Waals surface area contributed by atoms with Crippen LogP contribution in [0.3, 0.4) is 0 Å². The van der Waals surface area contributed by atoms with Crippen molar-refractivity contribution in [3.8, 4) is 0 Å². The van der Waals surface area contributed by atoms with Gasteiger partial charge in [0.2, 0.25) is 0 Å². The molecule has 0 saturated carbocycles. The van der Waals surface area contributed by atoms with Crippen molar-refractivity contribution in [1.29, 1.82) is 0 Å². The van der Waals surface area contributed by atoms with Crippen LogP contribution in [0.2, 0.25) is 5.02 Å². The first-order chi connectivity index (χ1) is 13.8. The summed E-state index contributed by atoms with van der Waals surface area (Å²) < 4.78 is 56.2. The maximum absolute atomic E-state index is 14.3. The number of rotatable bonds is 4. The molecule has 0 aliphatic rings. The number of nitrogens with zero attached hydrogens (tertiary/aromatic N) is 3. The smallest absolute Gasteiger partial charge is 0.263 e. The van der Waals surface area contributed by atoms with E-state index in [1.807, 2.05) is 0 Å². The van der Waals surface area contributed by atoms with Gasteiger partial charge >= 0.3 is 6.18 Å². The average Bonchev–Trinajstić information content (AvgIpc) is 3.02. The van der Waals surface area contributed by atoms with Crippen molar-refractivity contribution in [3.05, 3.63) is 94.1 Å². The van der Waals surface area contributed by atoms with E-state index in [2.05, 4.69) is 10.1 Å². The van der Waals surface area contributed by atoms with Crippen LogP contribution in [-0.2, 0) is 19.1 Å². The molecule has 4 rings (SSSR count). The third-order valence-electron chi connectivity index (χ3n) is 4.63. The Morgan fingerprint density at radius 1 is 0.966 bits per heavy atom. The van der Waals surface area contributed by atoms with Gasteiger partial charge in [0, 0.05) is 34.3 Å². The number of alkyl halides is 3. The second kappa shape index (κ2) is 7.48. The molecular formula is C21H14ClF4N3. The molecule has 0 aliphatic carbocycles. The molecule has 148 valence electrons. The molecule has 0 N–H and O–H groups in total. The first kappa shape index (κ1) is 19.4. The van der Waals surface area contributed by atoms with Crippen LogP contribution >= 0.6 is 11.6 Å². The number of hydrogen-bond acceptors (Lipinski definition) is 2. The minimum absolute atomic E-state index is 0.0976. The minimum Gasteiger partial charge on any atom is -0.263 e. The van der Waals surface area contributed by atoms with E-state index in [9.17, 15) is 17.6 Å². The Balaban J connectivity index is 1.91. The maximum atomic E-state index is 14.3. The lowest BCUT2D eigenvalue weighted by Crippen LogP contribution is -2.10. The Kier molecular flexibility index (Phi) is 5.00. The van der Waals surface area contributed by atoms with Crippen LogP contribution in [0, 0.1) is 5.82 Å². The van der Waals surface area contributed by atoms with Crippen LogP contribution in [-0.4, -0.2) is 14.8 Å². The molecule has 2 aromatic carbocycles. The fraction of sp³-hybridized carbons (Fsp3) is 0.143. The Hall–Kier alpha value is -2.93. The molecule has 3 nitrogen and oxygen atoms in total. The van der Waals surface area contributed by atoms with Crippen LogP contribution in [0.1, 0.15) is 22.5 Å². The quantitative estimate of drug-likeness (QED) is 0.387. The average molecular weight is 420 g/mol. The minimum atomic E-state index is -4.56. The lowest BCUT2D eigenvalue weighted by molar-refractivity contribution is -0.136. The van der Waals surface area contributed by atoms with E-state index in [0.717, 1.165) is 6.07 Å². The maximum Gasteiger partial charge on any atom is 0.418 e. The largest absolute Gasteiger partial charge is 0.418 e. The third kappa shape index (κ3) is 3.82. The Morgan fingerprint density at radius 3 is 2.45 bits per heavy atom. The Morgan fingerprint density at radius 2 is 1.76 bits per heavy atom.